The van der Waals surface area contributed by atoms with Gasteiger partial charge in [0, 0.05) is 35.9 Å². The van der Waals surface area contributed by atoms with Gasteiger partial charge in [0.1, 0.15) is 5.54 Å². The molecule has 2 aromatic rings. The van der Waals surface area contributed by atoms with Crippen LogP contribution in [0.5, 0.6) is 0 Å². The molecule has 162 valence electrons. The third kappa shape index (κ3) is 4.17. The molecule has 8 heteroatoms. The largest absolute Gasteiger partial charge is 0.339 e. The standard InChI is InChI=1S/C23H26N4O3S/c1-23(21(29)27(22(30)25-23)15-16-7-11-24-12-8-16)18-9-13-26(14-10-18)20(28)17-3-5-19(31-2)6-4-17/h3-8,11-12,18H,9-10,13-15H2,1-2H3,(H,25,30)/t23-/m0/s1. The predicted octanol–water partition coefficient (Wildman–Crippen LogP) is 3.17. The van der Waals surface area contributed by atoms with Crippen molar-refractivity contribution >= 4 is 29.6 Å². The maximum absolute atomic E-state index is 13.2. The van der Waals surface area contributed by atoms with Crippen molar-refractivity contribution in [3.63, 3.8) is 0 Å². The minimum Gasteiger partial charge on any atom is -0.339 e. The third-order valence-electron chi connectivity index (χ3n) is 6.33. The lowest BCUT2D eigenvalue weighted by Crippen LogP contribution is -2.54. The van der Waals surface area contributed by atoms with Crippen molar-refractivity contribution < 1.29 is 14.4 Å². The SMILES string of the molecule is CSc1ccc(C(=O)N2CCC([C@]3(C)NC(=O)N(Cc4ccncc4)C3=O)CC2)cc1. The third-order valence-corrected chi connectivity index (χ3v) is 7.07. The molecule has 1 aromatic carbocycles. The highest BCUT2D eigenvalue weighted by Gasteiger charge is 2.52. The lowest BCUT2D eigenvalue weighted by Gasteiger charge is -2.39. The van der Waals surface area contributed by atoms with E-state index in [2.05, 4.69) is 10.3 Å². The Labute approximate surface area is 186 Å². The second-order valence-electron chi connectivity index (χ2n) is 8.17. The maximum Gasteiger partial charge on any atom is 0.325 e. The summed E-state index contributed by atoms with van der Waals surface area (Å²) < 4.78 is 0. The smallest absolute Gasteiger partial charge is 0.325 e. The number of piperidine rings is 1. The van der Waals surface area contributed by atoms with Crippen LogP contribution in [0.4, 0.5) is 4.79 Å². The summed E-state index contributed by atoms with van der Waals surface area (Å²) in [5, 5.41) is 2.92. The van der Waals surface area contributed by atoms with Gasteiger partial charge in [-0.1, -0.05) is 0 Å². The van der Waals surface area contributed by atoms with Gasteiger partial charge in [0.05, 0.1) is 6.54 Å². The molecule has 7 nitrogen and oxygen atoms in total. The zero-order valence-corrected chi connectivity index (χ0v) is 18.5. The summed E-state index contributed by atoms with van der Waals surface area (Å²) >= 11 is 1.64. The lowest BCUT2D eigenvalue weighted by atomic mass is 9.78. The molecule has 1 N–H and O–H groups in total. The number of hydrogen-bond acceptors (Lipinski definition) is 5. The Morgan fingerprint density at radius 2 is 1.77 bits per heavy atom. The number of hydrogen-bond donors (Lipinski definition) is 1. The van der Waals surface area contributed by atoms with Gasteiger partial charge in [-0.15, -0.1) is 11.8 Å². The normalized spacial score (nSPS) is 22.0. The average molecular weight is 439 g/mol. The van der Waals surface area contributed by atoms with E-state index in [1.54, 1.807) is 36.3 Å². The lowest BCUT2D eigenvalue weighted by molar-refractivity contribution is -0.133. The van der Waals surface area contributed by atoms with E-state index in [-0.39, 0.29) is 30.3 Å². The first-order chi connectivity index (χ1) is 14.9. The number of imide groups is 1. The van der Waals surface area contributed by atoms with Crippen LogP contribution >= 0.6 is 11.8 Å². The number of rotatable bonds is 5. The second-order valence-corrected chi connectivity index (χ2v) is 9.05. The van der Waals surface area contributed by atoms with Crippen LogP contribution in [0, 0.1) is 5.92 Å². The molecule has 2 fully saturated rings. The van der Waals surface area contributed by atoms with Crippen molar-refractivity contribution in [2.24, 2.45) is 5.92 Å². The number of benzene rings is 1. The monoisotopic (exact) mass is 438 g/mol. The molecule has 0 spiro atoms. The molecular weight excluding hydrogens is 412 g/mol. The van der Waals surface area contributed by atoms with Crippen LogP contribution in [-0.4, -0.2) is 57.5 Å². The minimum atomic E-state index is -0.945. The first kappa shape index (κ1) is 21.4. The van der Waals surface area contributed by atoms with Gasteiger partial charge >= 0.3 is 6.03 Å². The van der Waals surface area contributed by atoms with Crippen LogP contribution in [0.25, 0.3) is 0 Å². The summed E-state index contributed by atoms with van der Waals surface area (Å²) in [6, 6.07) is 10.9. The van der Waals surface area contributed by atoms with E-state index in [1.165, 1.54) is 4.90 Å². The molecule has 4 amide bonds. The number of urea groups is 1. The van der Waals surface area contributed by atoms with Gasteiger partial charge < -0.3 is 10.2 Å². The van der Waals surface area contributed by atoms with Crippen molar-refractivity contribution in [3.8, 4) is 0 Å². The Balaban J connectivity index is 1.40. The fourth-order valence-electron chi connectivity index (χ4n) is 4.38. The number of carbonyl (C=O) groups is 3. The molecule has 31 heavy (non-hydrogen) atoms. The first-order valence-electron chi connectivity index (χ1n) is 10.4. The summed E-state index contributed by atoms with van der Waals surface area (Å²) in [7, 11) is 0. The summed E-state index contributed by atoms with van der Waals surface area (Å²) in [5.41, 5.74) is 0.589. The summed E-state index contributed by atoms with van der Waals surface area (Å²) in [5.74, 6) is -0.210. The van der Waals surface area contributed by atoms with Crippen LogP contribution in [0.15, 0.2) is 53.7 Å². The summed E-state index contributed by atoms with van der Waals surface area (Å²) in [6.45, 7) is 3.17. The summed E-state index contributed by atoms with van der Waals surface area (Å²) in [4.78, 5) is 46.8. The van der Waals surface area contributed by atoms with Crippen molar-refractivity contribution in [2.45, 2.75) is 36.7 Å². The molecule has 0 bridgehead atoms. The van der Waals surface area contributed by atoms with Gasteiger partial charge in [-0.05, 0) is 73.9 Å². The van der Waals surface area contributed by atoms with Crippen LogP contribution in [0.1, 0.15) is 35.7 Å². The molecule has 1 atom stereocenters. The molecule has 4 rings (SSSR count). The average Bonchev–Trinajstić information content (AvgIpc) is 3.03. The molecular formula is C23H26N4O3S. The minimum absolute atomic E-state index is 0.0114. The molecule has 0 saturated carbocycles. The Morgan fingerprint density at radius 3 is 2.39 bits per heavy atom. The van der Waals surface area contributed by atoms with Crippen molar-refractivity contribution in [3.05, 3.63) is 59.9 Å². The number of nitrogens with zero attached hydrogens (tertiary/aromatic N) is 3. The van der Waals surface area contributed by atoms with Crippen molar-refractivity contribution in [1.82, 2.24) is 20.1 Å². The fraction of sp³-hybridized carbons (Fsp3) is 0.391. The second kappa shape index (κ2) is 8.70. The Bertz CT molecular complexity index is 974. The molecule has 2 aliphatic heterocycles. The quantitative estimate of drug-likeness (QED) is 0.573. The molecule has 2 saturated heterocycles. The number of carbonyl (C=O) groups excluding carboxylic acids is 3. The zero-order chi connectivity index (χ0) is 22.0. The highest BCUT2D eigenvalue weighted by atomic mass is 32.2. The van der Waals surface area contributed by atoms with Gasteiger partial charge in [-0.25, -0.2) is 4.79 Å². The number of likely N-dealkylation sites (tertiary alicyclic amines) is 1. The number of thioether (sulfide) groups is 1. The number of amides is 4. The van der Waals surface area contributed by atoms with Crippen LogP contribution in [-0.2, 0) is 11.3 Å². The Hall–Kier alpha value is -2.87. The molecule has 3 heterocycles. The van der Waals surface area contributed by atoms with Crippen molar-refractivity contribution in [1.29, 1.82) is 0 Å². The van der Waals surface area contributed by atoms with E-state index in [1.807, 2.05) is 42.3 Å². The Kier molecular flexibility index (Phi) is 6.00. The number of nitrogens with one attached hydrogen (secondary N) is 1. The van der Waals surface area contributed by atoms with E-state index in [4.69, 9.17) is 0 Å². The van der Waals surface area contributed by atoms with E-state index in [9.17, 15) is 14.4 Å². The van der Waals surface area contributed by atoms with Crippen LogP contribution < -0.4 is 5.32 Å². The maximum atomic E-state index is 13.2. The number of pyridine rings is 1. The molecule has 0 unspecified atom stereocenters. The van der Waals surface area contributed by atoms with Gasteiger partial charge in [0.25, 0.3) is 11.8 Å². The predicted molar refractivity (Wildman–Crippen MR) is 119 cm³/mol. The van der Waals surface area contributed by atoms with Gasteiger partial charge in [0.15, 0.2) is 0 Å². The first-order valence-corrected chi connectivity index (χ1v) is 11.6. The molecule has 2 aliphatic rings. The van der Waals surface area contributed by atoms with E-state index in [0.29, 0.717) is 31.5 Å². The Morgan fingerprint density at radius 1 is 1.13 bits per heavy atom. The van der Waals surface area contributed by atoms with E-state index < -0.39 is 5.54 Å². The van der Waals surface area contributed by atoms with Crippen LogP contribution in [0.3, 0.4) is 0 Å². The molecule has 0 radical (unpaired) electrons. The van der Waals surface area contributed by atoms with Gasteiger partial charge in [-0.3, -0.25) is 19.5 Å². The number of aromatic nitrogens is 1. The molecule has 0 aliphatic carbocycles. The van der Waals surface area contributed by atoms with E-state index in [0.717, 1.165) is 10.5 Å². The van der Waals surface area contributed by atoms with Crippen molar-refractivity contribution in [2.75, 3.05) is 19.3 Å². The topological polar surface area (TPSA) is 82.6 Å². The van der Waals surface area contributed by atoms with Gasteiger partial charge in [0.2, 0.25) is 0 Å². The van der Waals surface area contributed by atoms with E-state index >= 15 is 0 Å². The highest BCUT2D eigenvalue weighted by molar-refractivity contribution is 7.98. The fourth-order valence-corrected chi connectivity index (χ4v) is 4.79. The van der Waals surface area contributed by atoms with Crippen LogP contribution in [0.2, 0.25) is 0 Å². The zero-order valence-electron chi connectivity index (χ0n) is 17.7. The molecule has 1 aromatic heterocycles. The highest BCUT2D eigenvalue weighted by Crippen LogP contribution is 2.34. The van der Waals surface area contributed by atoms with Gasteiger partial charge in [-0.2, -0.15) is 0 Å². The summed E-state index contributed by atoms with van der Waals surface area (Å²) in [6.07, 6.45) is 6.63.